The van der Waals surface area contributed by atoms with Crippen LogP contribution in [0.2, 0.25) is 0 Å². The molecule has 3 N–H and O–H groups in total. The van der Waals surface area contributed by atoms with Crippen LogP contribution in [0.4, 0.5) is 10.5 Å². The molecule has 0 aromatic heterocycles. The second-order valence-electron chi connectivity index (χ2n) is 4.40. The normalized spacial score (nSPS) is 9.35. The lowest BCUT2D eigenvalue weighted by Crippen LogP contribution is -2.43. The first kappa shape index (κ1) is 15.9. The number of carbonyl (C=O) groups excluding carboxylic acids is 2. The van der Waals surface area contributed by atoms with E-state index in [-0.39, 0.29) is 6.42 Å². The van der Waals surface area contributed by atoms with Crippen molar-refractivity contribution in [3.8, 4) is 17.6 Å². The minimum absolute atomic E-state index is 0.328. The third-order valence-corrected chi connectivity index (χ3v) is 2.65. The van der Waals surface area contributed by atoms with E-state index < -0.39 is 11.9 Å². The molecule has 0 heterocycles. The van der Waals surface area contributed by atoms with Crippen molar-refractivity contribution in [2.75, 3.05) is 5.32 Å². The Labute approximate surface area is 132 Å². The van der Waals surface area contributed by atoms with Crippen LogP contribution in [0, 0.1) is 11.3 Å². The number of nitrogens with zero attached hydrogens (tertiary/aromatic N) is 1. The van der Waals surface area contributed by atoms with Crippen LogP contribution in [-0.2, 0) is 4.79 Å². The van der Waals surface area contributed by atoms with E-state index in [0.29, 0.717) is 17.2 Å². The molecule has 7 heteroatoms. The van der Waals surface area contributed by atoms with Gasteiger partial charge in [-0.3, -0.25) is 10.2 Å². The molecule has 0 bridgehead atoms. The first-order valence-corrected chi connectivity index (χ1v) is 6.73. The maximum atomic E-state index is 11.5. The topological polar surface area (TPSA) is 103 Å². The number of ether oxygens (including phenoxy) is 1. The molecule has 116 valence electrons. The molecule has 0 unspecified atom stereocenters. The average molecular weight is 310 g/mol. The summed E-state index contributed by atoms with van der Waals surface area (Å²) in [5.41, 5.74) is 4.76. The molecule has 2 aromatic carbocycles. The van der Waals surface area contributed by atoms with Gasteiger partial charge in [-0.15, -0.1) is 0 Å². The molecule has 0 fully saturated rings. The SMILES string of the molecule is N#CCC(=O)NNC(=O)Nc1ccc(Oc2ccccc2)cc1. The summed E-state index contributed by atoms with van der Waals surface area (Å²) in [7, 11) is 0. The van der Waals surface area contributed by atoms with E-state index in [2.05, 4.69) is 16.2 Å². The predicted molar refractivity (Wildman–Crippen MR) is 83.5 cm³/mol. The number of carbonyl (C=O) groups is 2. The minimum Gasteiger partial charge on any atom is -0.457 e. The summed E-state index contributed by atoms with van der Waals surface area (Å²) in [6.45, 7) is 0. The van der Waals surface area contributed by atoms with Gasteiger partial charge in [-0.2, -0.15) is 5.26 Å². The molecule has 2 rings (SSSR count). The summed E-state index contributed by atoms with van der Waals surface area (Å²) < 4.78 is 5.63. The average Bonchev–Trinajstić information content (AvgIpc) is 2.56. The Balaban J connectivity index is 1.84. The van der Waals surface area contributed by atoms with E-state index in [0.717, 1.165) is 0 Å². The van der Waals surface area contributed by atoms with Crippen LogP contribution < -0.4 is 20.9 Å². The second-order valence-corrected chi connectivity index (χ2v) is 4.40. The molecule has 0 atom stereocenters. The van der Waals surface area contributed by atoms with Crippen molar-refractivity contribution in [3.05, 3.63) is 54.6 Å². The Morgan fingerprint density at radius 3 is 2.26 bits per heavy atom. The van der Waals surface area contributed by atoms with E-state index in [1.807, 2.05) is 30.3 Å². The van der Waals surface area contributed by atoms with Crippen LogP contribution in [0.3, 0.4) is 0 Å². The van der Waals surface area contributed by atoms with Crippen molar-refractivity contribution in [2.24, 2.45) is 0 Å². The van der Waals surface area contributed by atoms with Gasteiger partial charge in [0.05, 0.1) is 6.07 Å². The molecular formula is C16H14N4O3. The summed E-state index contributed by atoms with van der Waals surface area (Å²) in [5, 5.41) is 10.8. The fraction of sp³-hybridized carbons (Fsp3) is 0.0625. The molecule has 0 aliphatic heterocycles. The standard InChI is InChI=1S/C16H14N4O3/c17-11-10-15(21)19-20-16(22)18-12-6-8-14(9-7-12)23-13-4-2-1-3-5-13/h1-9H,10H2,(H,19,21)(H2,18,20,22). The van der Waals surface area contributed by atoms with Gasteiger partial charge in [0.25, 0.3) is 5.91 Å². The quantitative estimate of drug-likeness (QED) is 0.755. The molecule has 2 aromatic rings. The van der Waals surface area contributed by atoms with Gasteiger partial charge >= 0.3 is 6.03 Å². The highest BCUT2D eigenvalue weighted by atomic mass is 16.5. The largest absolute Gasteiger partial charge is 0.457 e. The number of nitriles is 1. The van der Waals surface area contributed by atoms with E-state index >= 15 is 0 Å². The molecule has 23 heavy (non-hydrogen) atoms. The first-order valence-electron chi connectivity index (χ1n) is 6.73. The van der Waals surface area contributed by atoms with E-state index in [4.69, 9.17) is 10.00 Å². The number of para-hydroxylation sites is 1. The van der Waals surface area contributed by atoms with Crippen molar-refractivity contribution in [1.82, 2.24) is 10.9 Å². The summed E-state index contributed by atoms with van der Waals surface area (Å²) in [6, 6.07) is 17.1. The van der Waals surface area contributed by atoms with Crippen molar-refractivity contribution in [3.63, 3.8) is 0 Å². The molecule has 0 radical (unpaired) electrons. The Bertz CT molecular complexity index is 708. The maximum absolute atomic E-state index is 11.5. The Morgan fingerprint density at radius 2 is 1.61 bits per heavy atom. The van der Waals surface area contributed by atoms with Gasteiger partial charge in [-0.1, -0.05) is 18.2 Å². The molecule has 0 saturated carbocycles. The van der Waals surface area contributed by atoms with Gasteiger partial charge in [0, 0.05) is 5.69 Å². The van der Waals surface area contributed by atoms with Crippen molar-refractivity contribution in [2.45, 2.75) is 6.42 Å². The van der Waals surface area contributed by atoms with Crippen molar-refractivity contribution >= 4 is 17.6 Å². The van der Waals surface area contributed by atoms with Crippen molar-refractivity contribution < 1.29 is 14.3 Å². The van der Waals surface area contributed by atoms with Gasteiger partial charge in [0.1, 0.15) is 17.9 Å². The van der Waals surface area contributed by atoms with Crippen LogP contribution in [0.15, 0.2) is 54.6 Å². The lowest BCUT2D eigenvalue weighted by molar-refractivity contribution is -0.120. The van der Waals surface area contributed by atoms with Gasteiger partial charge in [-0.05, 0) is 36.4 Å². The van der Waals surface area contributed by atoms with Crippen LogP contribution in [0.25, 0.3) is 0 Å². The number of urea groups is 1. The molecule has 0 spiro atoms. The molecule has 0 saturated heterocycles. The van der Waals surface area contributed by atoms with Crippen LogP contribution >= 0.6 is 0 Å². The van der Waals surface area contributed by atoms with Crippen LogP contribution in [0.5, 0.6) is 11.5 Å². The Morgan fingerprint density at radius 1 is 0.957 bits per heavy atom. The van der Waals surface area contributed by atoms with Gasteiger partial charge in [-0.25, -0.2) is 10.2 Å². The summed E-state index contributed by atoms with van der Waals surface area (Å²) in [5.74, 6) is 0.755. The highest BCUT2D eigenvalue weighted by Gasteiger charge is 2.04. The highest BCUT2D eigenvalue weighted by Crippen LogP contribution is 2.22. The van der Waals surface area contributed by atoms with Gasteiger partial charge in [0.15, 0.2) is 0 Å². The maximum Gasteiger partial charge on any atom is 0.337 e. The smallest absolute Gasteiger partial charge is 0.337 e. The fourth-order valence-electron chi connectivity index (χ4n) is 1.64. The monoisotopic (exact) mass is 310 g/mol. The van der Waals surface area contributed by atoms with Crippen molar-refractivity contribution in [1.29, 1.82) is 5.26 Å². The molecule has 0 aliphatic carbocycles. The minimum atomic E-state index is -0.618. The number of hydrogen-bond acceptors (Lipinski definition) is 4. The predicted octanol–water partition coefficient (Wildman–Crippen LogP) is 2.55. The fourth-order valence-corrected chi connectivity index (χ4v) is 1.64. The zero-order valence-corrected chi connectivity index (χ0v) is 12.1. The molecule has 0 aliphatic rings. The zero-order valence-electron chi connectivity index (χ0n) is 12.1. The number of anilines is 1. The van der Waals surface area contributed by atoms with E-state index in [1.165, 1.54) is 0 Å². The van der Waals surface area contributed by atoms with Crippen LogP contribution in [-0.4, -0.2) is 11.9 Å². The lowest BCUT2D eigenvalue weighted by atomic mass is 10.3. The zero-order chi connectivity index (χ0) is 16.5. The third kappa shape index (κ3) is 5.40. The van der Waals surface area contributed by atoms with Gasteiger partial charge < -0.3 is 10.1 Å². The molecular weight excluding hydrogens is 296 g/mol. The van der Waals surface area contributed by atoms with Gasteiger partial charge in [0.2, 0.25) is 0 Å². The summed E-state index contributed by atoms with van der Waals surface area (Å²) in [6.07, 6.45) is -0.328. The third-order valence-electron chi connectivity index (χ3n) is 2.65. The Hall–Kier alpha value is -3.53. The first-order chi connectivity index (χ1) is 11.2. The van der Waals surface area contributed by atoms with Crippen LogP contribution in [0.1, 0.15) is 6.42 Å². The lowest BCUT2D eigenvalue weighted by Gasteiger charge is -2.09. The second kappa shape index (κ2) is 8.05. The number of rotatable bonds is 4. The summed E-state index contributed by atoms with van der Waals surface area (Å²) >= 11 is 0. The number of hydrogen-bond donors (Lipinski definition) is 3. The van der Waals surface area contributed by atoms with E-state index in [1.54, 1.807) is 30.3 Å². The molecule has 7 nitrogen and oxygen atoms in total. The summed E-state index contributed by atoms with van der Waals surface area (Å²) in [4.78, 5) is 22.6. The number of amides is 3. The number of nitrogens with one attached hydrogen (secondary N) is 3. The van der Waals surface area contributed by atoms with E-state index in [9.17, 15) is 9.59 Å². The highest BCUT2D eigenvalue weighted by molar-refractivity contribution is 5.91. The Kier molecular flexibility index (Phi) is 5.54. The number of hydrazine groups is 1. The molecule has 3 amide bonds. The number of benzene rings is 2.